The van der Waals surface area contributed by atoms with Crippen molar-refractivity contribution in [3.8, 4) is 23.0 Å². The topological polar surface area (TPSA) is 129 Å². The van der Waals surface area contributed by atoms with E-state index < -0.39 is 5.79 Å². The van der Waals surface area contributed by atoms with Gasteiger partial charge < -0.3 is 29.2 Å². The molecule has 6 aromatic rings. The number of phenolic OH excluding ortho intramolecular Hbond substituents is 2. The summed E-state index contributed by atoms with van der Waals surface area (Å²) in [6, 6.07) is 45.1. The van der Waals surface area contributed by atoms with Crippen LogP contribution in [0.25, 0.3) is 0 Å². The number of phenols is 2. The minimum atomic E-state index is -0.488. The van der Waals surface area contributed by atoms with Crippen molar-refractivity contribution < 1.29 is 43.5 Å². The van der Waals surface area contributed by atoms with E-state index >= 15 is 0 Å². The van der Waals surface area contributed by atoms with Gasteiger partial charge in [0.25, 0.3) is 0 Å². The first-order valence-electron chi connectivity index (χ1n) is 38.4. The van der Waals surface area contributed by atoms with Gasteiger partial charge in [-0.05, 0) is 256 Å². The quantitative estimate of drug-likeness (QED) is 0.0858. The molecule has 3 fully saturated rings. The number of rotatable bonds is 17. The van der Waals surface area contributed by atoms with Crippen molar-refractivity contribution in [2.24, 2.45) is 57.2 Å². The first-order valence-corrected chi connectivity index (χ1v) is 38.4. The van der Waals surface area contributed by atoms with E-state index in [1.54, 1.807) is 26.4 Å². The molecular weight excluding hydrogens is 1240 g/mol. The van der Waals surface area contributed by atoms with Crippen molar-refractivity contribution in [2.75, 3.05) is 14.2 Å². The molecule has 9 nitrogen and oxygen atoms in total. The molecule has 6 aromatic carbocycles. The molecule has 3 saturated carbocycles. The van der Waals surface area contributed by atoms with Gasteiger partial charge in [-0.1, -0.05) is 180 Å². The largest absolute Gasteiger partial charge is 0.508 e. The van der Waals surface area contributed by atoms with E-state index in [0.29, 0.717) is 109 Å². The Balaban J connectivity index is 0.000000135. The molecule has 0 heterocycles. The number of carbonyl (C=O) groups excluding carboxylic acids is 3. The van der Waals surface area contributed by atoms with E-state index in [9.17, 15) is 24.6 Å². The van der Waals surface area contributed by atoms with Crippen LogP contribution in [-0.4, -0.2) is 47.6 Å². The molecule has 0 saturated heterocycles. The number of Topliss-reactive ketones (excluding diaryl/α,β-unsaturated/α-hetero) is 2. The summed E-state index contributed by atoms with van der Waals surface area (Å²) < 4.78 is 23.9. The lowest BCUT2D eigenvalue weighted by Gasteiger charge is -2.56. The molecule has 0 aliphatic heterocycles. The van der Waals surface area contributed by atoms with E-state index in [0.717, 1.165) is 81.6 Å². The number of aryl methyl sites for hydroxylation is 4. The lowest BCUT2D eigenvalue weighted by molar-refractivity contribution is -0.253. The maximum Gasteiger partial charge on any atom is 0.168 e. The Bertz CT molecular complexity index is 3800. The van der Waals surface area contributed by atoms with Crippen LogP contribution in [0.2, 0.25) is 0 Å². The molecule has 536 valence electrons. The number of aromatic hydroxyl groups is 2. The van der Waals surface area contributed by atoms with E-state index in [1.165, 1.54) is 107 Å². The molecule has 0 radical (unpaired) electrons. The van der Waals surface area contributed by atoms with Crippen LogP contribution in [0.4, 0.5) is 0 Å². The number of carbonyl (C=O) groups is 3. The Morgan fingerprint density at radius 3 is 1.26 bits per heavy atom. The van der Waals surface area contributed by atoms with Gasteiger partial charge >= 0.3 is 0 Å². The molecule has 2 N–H and O–H groups in total. The number of fused-ring (bicyclic) bond motifs is 12. The molecule has 8 aliphatic carbocycles. The number of allylic oxidation sites excluding steroid dienone is 2. The Labute approximate surface area is 600 Å². The Kier molecular flexibility index (Phi) is 23.7. The van der Waals surface area contributed by atoms with Crippen molar-refractivity contribution in [3.05, 3.63) is 201 Å². The van der Waals surface area contributed by atoms with E-state index in [1.807, 2.05) is 54.6 Å². The van der Waals surface area contributed by atoms with Crippen LogP contribution < -0.4 is 9.47 Å². The van der Waals surface area contributed by atoms with Crippen molar-refractivity contribution in [1.29, 1.82) is 0 Å². The Hall–Kier alpha value is -6.81. The highest BCUT2D eigenvalue weighted by Crippen LogP contribution is 2.62. The minimum Gasteiger partial charge on any atom is -0.508 e. The van der Waals surface area contributed by atoms with Crippen LogP contribution in [0.3, 0.4) is 0 Å². The number of methoxy groups -OCH3 is 2. The third-order valence-corrected chi connectivity index (χ3v) is 26.2. The highest BCUT2D eigenvalue weighted by molar-refractivity contribution is 5.91. The number of benzene rings is 6. The van der Waals surface area contributed by atoms with Crippen molar-refractivity contribution >= 4 is 17.3 Å². The van der Waals surface area contributed by atoms with Gasteiger partial charge in [-0.15, -0.1) is 0 Å². The Morgan fingerprint density at radius 1 is 0.430 bits per heavy atom. The van der Waals surface area contributed by atoms with Gasteiger partial charge in [0.2, 0.25) is 0 Å². The van der Waals surface area contributed by atoms with Gasteiger partial charge in [0.1, 0.15) is 47.8 Å². The summed E-state index contributed by atoms with van der Waals surface area (Å²) in [7, 11) is 3.57. The fourth-order valence-electron chi connectivity index (χ4n) is 19.5. The predicted molar refractivity (Wildman–Crippen MR) is 403 cm³/mol. The van der Waals surface area contributed by atoms with Gasteiger partial charge in [-0.3, -0.25) is 14.4 Å². The Morgan fingerprint density at radius 2 is 0.820 bits per heavy atom. The van der Waals surface area contributed by atoms with Crippen LogP contribution in [0, 0.1) is 57.2 Å². The third-order valence-electron chi connectivity index (χ3n) is 26.2. The van der Waals surface area contributed by atoms with Crippen molar-refractivity contribution in [1.82, 2.24) is 0 Å². The molecule has 14 rings (SSSR count). The lowest BCUT2D eigenvalue weighted by atomic mass is 9.52. The molecule has 9 heteroatoms. The van der Waals surface area contributed by atoms with Gasteiger partial charge in [0.05, 0.1) is 0 Å². The summed E-state index contributed by atoms with van der Waals surface area (Å²) in [6.45, 7) is 24.5. The highest BCUT2D eigenvalue weighted by atomic mass is 16.7. The van der Waals surface area contributed by atoms with Crippen LogP contribution in [0.5, 0.6) is 23.0 Å². The fraction of sp³-hybridized carbons (Fsp3) is 0.549. The summed E-state index contributed by atoms with van der Waals surface area (Å²) in [5.41, 5.74) is 13.9. The average molecular weight is 1360 g/mol. The maximum atomic E-state index is 12.6. The predicted octanol–water partition coefficient (Wildman–Crippen LogP) is 21.7. The molecule has 0 amide bonds. The summed E-state index contributed by atoms with van der Waals surface area (Å²) >= 11 is 0. The lowest BCUT2D eigenvalue weighted by Crippen LogP contribution is -2.52. The summed E-state index contributed by atoms with van der Waals surface area (Å²) in [5.74, 6) is 8.42. The fourth-order valence-corrected chi connectivity index (χ4v) is 19.5. The minimum absolute atomic E-state index is 0.118. The second-order valence-corrected chi connectivity index (χ2v) is 33.9. The zero-order valence-corrected chi connectivity index (χ0v) is 62.6. The van der Waals surface area contributed by atoms with Crippen molar-refractivity contribution in [2.45, 2.75) is 247 Å². The zero-order chi connectivity index (χ0) is 71.2. The normalized spacial score (nSPS) is 28.1. The van der Waals surface area contributed by atoms with Gasteiger partial charge in [-0.25, -0.2) is 0 Å². The van der Waals surface area contributed by atoms with Gasteiger partial charge in [-0.2, -0.15) is 0 Å². The number of hydrogen-bond acceptors (Lipinski definition) is 9. The first kappa shape index (κ1) is 74.4. The summed E-state index contributed by atoms with van der Waals surface area (Å²) in [4.78, 5) is 36.9. The number of ketones is 3. The summed E-state index contributed by atoms with van der Waals surface area (Å²) in [6.07, 6.45) is 25.5. The van der Waals surface area contributed by atoms with Crippen LogP contribution in [0.1, 0.15) is 258 Å². The van der Waals surface area contributed by atoms with Crippen LogP contribution >= 0.6 is 0 Å². The molecule has 0 unspecified atom stereocenters. The number of ether oxygens (including phenoxy) is 4. The van der Waals surface area contributed by atoms with Gasteiger partial charge in [0.15, 0.2) is 11.6 Å². The number of hydrogen-bond donors (Lipinski definition) is 2. The third kappa shape index (κ3) is 16.8. The SMILES string of the molecule is CC(C)CC[C@H]1CC(=O)C[C@@H]2c3ccc(O)cc3CC[C@@]12C.CC(C)CC[C@H]1CC(=O)C[C@@H]2c3ccc(OCc4ccccc4)cc3CC[C@@]12C.COC1(OC)C[C@H](CCC(C)C)[C@]2(C)CCc3cc(O)ccc3[C@H]2C1.C[C@]12C=CC(=O)C[C@@H]1c1ccc(OCc3ccccc3)cc1CC2. The molecular formula is C91H118O9. The second-order valence-electron chi connectivity index (χ2n) is 33.9. The average Bonchev–Trinajstić information content (AvgIpc) is 0.736. The first-order chi connectivity index (χ1) is 47.8. The van der Waals surface area contributed by atoms with Gasteiger partial charge in [0, 0.05) is 65.1 Å². The monoisotopic (exact) mass is 1350 g/mol. The zero-order valence-electron chi connectivity index (χ0n) is 62.6. The standard InChI is InChI=1S/C27H34O2.C22H34O3.C22H22O2.C20H28O2/c1-19(2)9-10-22-16-23(28)17-26-25-12-11-24(15-21(25)13-14-27(22,26)3)29-18-20-7-5-4-6-8-20;1-15(2)6-7-17-13-22(24-4,25-5)14-20-19-9-8-18(23)12-16(19)10-11-21(17,20)3;1-22-11-9-17-13-19(24-15-16-5-3-2-4-6-16)7-8-20(17)21(22)14-18(23)10-12-22;1-13(2)4-5-15-11-17(22)12-19-18-7-6-16(21)10-14(18)8-9-20(15,19)3/h4-8,11-12,15,19,22,26H,9-10,13-14,16-18H2,1-3H3;8-9,12,15,17,20,23H,6-7,10-11,13-14H2,1-5H3;2-8,10,12-13,21H,9,11,14-15H2,1H3;6-7,10,13,15,19,21H,4-5,8-9,11-12H2,1-3H3/t22-,26+,27-;17-,20+,21-;21-,22+;15-,19+,20-/m0010/s1. The second kappa shape index (κ2) is 31.8. The van der Waals surface area contributed by atoms with E-state index in [4.69, 9.17) is 18.9 Å². The maximum absolute atomic E-state index is 12.6. The molecule has 100 heavy (non-hydrogen) atoms. The molecule has 11 atom stereocenters. The van der Waals surface area contributed by atoms with Crippen LogP contribution in [0.15, 0.2) is 146 Å². The van der Waals surface area contributed by atoms with E-state index in [2.05, 4.69) is 148 Å². The molecule has 0 spiro atoms. The summed E-state index contributed by atoms with van der Waals surface area (Å²) in [5, 5.41) is 19.6. The molecule has 0 aromatic heterocycles. The van der Waals surface area contributed by atoms with E-state index in [-0.39, 0.29) is 27.4 Å². The molecule has 0 bridgehead atoms. The van der Waals surface area contributed by atoms with Crippen molar-refractivity contribution in [3.63, 3.8) is 0 Å². The smallest absolute Gasteiger partial charge is 0.168 e. The highest BCUT2D eigenvalue weighted by Gasteiger charge is 2.56. The molecule has 8 aliphatic rings. The van der Waals surface area contributed by atoms with Crippen LogP contribution in [-0.2, 0) is 62.8 Å².